The third-order valence-corrected chi connectivity index (χ3v) is 6.08. The van der Waals surface area contributed by atoms with Crippen LogP contribution in [-0.2, 0) is 20.7 Å². The van der Waals surface area contributed by atoms with Crippen LogP contribution >= 0.6 is 0 Å². The number of amides is 2. The van der Waals surface area contributed by atoms with Gasteiger partial charge in [-0.3, -0.25) is 14.4 Å². The van der Waals surface area contributed by atoms with Gasteiger partial charge in [-0.2, -0.15) is 5.16 Å². The van der Waals surface area contributed by atoms with Crippen LogP contribution in [0.3, 0.4) is 0 Å². The average Bonchev–Trinajstić information content (AvgIpc) is 3.43. The number of aromatic nitrogens is 1. The van der Waals surface area contributed by atoms with Gasteiger partial charge in [-0.05, 0) is 5.56 Å². The van der Waals surface area contributed by atoms with Gasteiger partial charge in [-0.1, -0.05) is 30.3 Å². The zero-order valence-corrected chi connectivity index (χ0v) is 15.3. The number of carbonyl (C=O) groups is 2. The van der Waals surface area contributed by atoms with Crippen molar-refractivity contribution in [2.45, 2.75) is 43.6 Å². The van der Waals surface area contributed by atoms with Crippen LogP contribution < -0.4 is 5.56 Å². The second kappa shape index (κ2) is 6.34. The Morgan fingerprint density at radius 2 is 2.07 bits per heavy atom. The third kappa shape index (κ3) is 2.59. The van der Waals surface area contributed by atoms with E-state index in [1.165, 1.54) is 6.07 Å². The van der Waals surface area contributed by atoms with Gasteiger partial charge in [-0.25, -0.2) is 0 Å². The highest BCUT2D eigenvalue weighted by molar-refractivity contribution is 5.84. The molecule has 4 heterocycles. The van der Waals surface area contributed by atoms with Crippen LogP contribution in [0, 0.1) is 0 Å². The van der Waals surface area contributed by atoms with Crippen molar-refractivity contribution in [2.75, 3.05) is 13.1 Å². The van der Waals surface area contributed by atoms with Crippen molar-refractivity contribution >= 4 is 11.8 Å². The second-order valence-corrected chi connectivity index (χ2v) is 7.60. The maximum atomic E-state index is 12.8. The molecule has 8 heteroatoms. The van der Waals surface area contributed by atoms with Crippen molar-refractivity contribution in [3.8, 4) is 0 Å². The number of carbonyl (C=O) groups excluding carboxylic acids is 2. The number of rotatable bonds is 4. The summed E-state index contributed by atoms with van der Waals surface area (Å²) in [6, 6.07) is 11.0. The Morgan fingerprint density at radius 1 is 1.25 bits per heavy atom. The molecule has 0 radical (unpaired) electrons. The van der Waals surface area contributed by atoms with E-state index in [0.29, 0.717) is 38.1 Å². The van der Waals surface area contributed by atoms with E-state index in [0.717, 1.165) is 5.56 Å². The Balaban J connectivity index is 1.33. The van der Waals surface area contributed by atoms with Gasteiger partial charge >= 0.3 is 0 Å². The van der Waals surface area contributed by atoms with Gasteiger partial charge in [0.2, 0.25) is 11.8 Å². The summed E-state index contributed by atoms with van der Waals surface area (Å²) < 4.78 is 11.5. The van der Waals surface area contributed by atoms with Gasteiger partial charge in [0, 0.05) is 31.9 Å². The van der Waals surface area contributed by atoms with Crippen LogP contribution in [0.4, 0.5) is 0 Å². The minimum absolute atomic E-state index is 0.0394. The molecular weight excluding hydrogens is 362 g/mol. The number of aryl methyl sites for hydroxylation is 1. The van der Waals surface area contributed by atoms with Crippen molar-refractivity contribution in [3.05, 3.63) is 58.1 Å². The van der Waals surface area contributed by atoms with Gasteiger partial charge in [0.15, 0.2) is 5.72 Å². The van der Waals surface area contributed by atoms with E-state index in [1.54, 1.807) is 4.90 Å². The normalized spacial score (nSPS) is 28.6. The highest BCUT2D eigenvalue weighted by Crippen LogP contribution is 2.50. The molecule has 1 N–H and O–H groups in total. The quantitative estimate of drug-likeness (QED) is 0.856. The number of hydrogen-bond donors (Lipinski definition) is 1. The fourth-order valence-electron chi connectivity index (χ4n) is 4.78. The van der Waals surface area contributed by atoms with Gasteiger partial charge in [0.1, 0.15) is 11.9 Å². The monoisotopic (exact) mass is 383 g/mol. The fraction of sp³-hybridized carbons (Fsp3) is 0.450. The summed E-state index contributed by atoms with van der Waals surface area (Å²) in [5.41, 5.74) is 0.0180. The number of H-pyrrole nitrogens is 1. The molecule has 0 saturated carbocycles. The van der Waals surface area contributed by atoms with Gasteiger partial charge in [-0.15, -0.1) is 0 Å². The maximum Gasteiger partial charge on any atom is 0.280 e. The lowest BCUT2D eigenvalue weighted by atomic mass is 10.1. The SMILES string of the molecule is O=C(CCc1cc(=O)[nH]o1)N1CC[C@@]23O[C@@H](c4ccccc4)CN2C(=O)C[C@@H]13. The van der Waals surface area contributed by atoms with E-state index >= 15 is 0 Å². The zero-order chi connectivity index (χ0) is 19.3. The minimum Gasteiger partial charge on any atom is -0.384 e. The van der Waals surface area contributed by atoms with E-state index in [2.05, 4.69) is 5.16 Å². The Labute approximate surface area is 161 Å². The summed E-state index contributed by atoms with van der Waals surface area (Å²) in [4.78, 5) is 40.2. The van der Waals surface area contributed by atoms with Crippen LogP contribution in [0.25, 0.3) is 0 Å². The van der Waals surface area contributed by atoms with Crippen LogP contribution in [-0.4, -0.2) is 51.6 Å². The summed E-state index contributed by atoms with van der Waals surface area (Å²) in [6.07, 6.45) is 1.32. The topological polar surface area (TPSA) is 95.8 Å². The molecule has 8 nitrogen and oxygen atoms in total. The average molecular weight is 383 g/mol. The van der Waals surface area contributed by atoms with E-state index in [1.807, 2.05) is 35.2 Å². The van der Waals surface area contributed by atoms with Crippen LogP contribution in [0.5, 0.6) is 0 Å². The number of likely N-dealkylation sites (tertiary alicyclic amines) is 1. The molecule has 3 saturated heterocycles. The van der Waals surface area contributed by atoms with Crippen LogP contribution in [0.15, 0.2) is 45.7 Å². The minimum atomic E-state index is -0.714. The molecule has 3 atom stereocenters. The molecule has 3 aliphatic rings. The smallest absolute Gasteiger partial charge is 0.280 e. The fourth-order valence-corrected chi connectivity index (χ4v) is 4.78. The lowest BCUT2D eigenvalue weighted by Gasteiger charge is -2.32. The summed E-state index contributed by atoms with van der Waals surface area (Å²) in [5.74, 6) is 0.447. The highest BCUT2D eigenvalue weighted by Gasteiger charge is 2.64. The first kappa shape index (κ1) is 17.2. The summed E-state index contributed by atoms with van der Waals surface area (Å²) in [7, 11) is 0. The number of aromatic amines is 1. The van der Waals surface area contributed by atoms with Gasteiger partial charge in [0.25, 0.3) is 5.56 Å². The van der Waals surface area contributed by atoms with Crippen LogP contribution in [0.2, 0.25) is 0 Å². The first-order chi connectivity index (χ1) is 13.6. The number of hydrogen-bond acceptors (Lipinski definition) is 5. The predicted molar refractivity (Wildman–Crippen MR) is 97.1 cm³/mol. The van der Waals surface area contributed by atoms with E-state index in [-0.39, 0.29) is 35.9 Å². The predicted octanol–water partition coefficient (Wildman–Crippen LogP) is 1.20. The molecule has 0 unspecified atom stereocenters. The zero-order valence-electron chi connectivity index (χ0n) is 15.3. The number of nitrogens with zero attached hydrogens (tertiary/aromatic N) is 2. The standard InChI is InChI=1S/C20H21N3O5/c24-17-10-14(28-21-17)6-7-18(25)22-9-8-20-16(22)11-19(26)23(20)12-15(27-20)13-4-2-1-3-5-13/h1-5,10,15-16H,6-9,11-12H2,(H,21,24)/t15-,16-,20+/m1/s1. The number of ether oxygens (including phenoxy) is 1. The van der Waals surface area contributed by atoms with Crippen molar-refractivity contribution in [1.82, 2.24) is 15.0 Å². The summed E-state index contributed by atoms with van der Waals surface area (Å²) in [6.45, 7) is 1.09. The van der Waals surface area contributed by atoms with E-state index in [9.17, 15) is 14.4 Å². The Bertz CT molecular complexity index is 967. The molecule has 2 aromatic rings. The highest BCUT2D eigenvalue weighted by atomic mass is 16.5. The molecule has 146 valence electrons. The summed E-state index contributed by atoms with van der Waals surface area (Å²) >= 11 is 0. The lowest BCUT2D eigenvalue weighted by molar-refractivity contribution is -0.142. The molecule has 3 aliphatic heterocycles. The molecule has 28 heavy (non-hydrogen) atoms. The number of nitrogens with one attached hydrogen (secondary N) is 1. The molecule has 3 fully saturated rings. The van der Waals surface area contributed by atoms with Crippen molar-refractivity contribution in [2.24, 2.45) is 0 Å². The molecular formula is C20H21N3O5. The van der Waals surface area contributed by atoms with E-state index in [4.69, 9.17) is 9.26 Å². The van der Waals surface area contributed by atoms with Crippen molar-refractivity contribution in [3.63, 3.8) is 0 Å². The molecule has 1 aromatic heterocycles. The molecule has 5 rings (SSSR count). The Kier molecular flexibility index (Phi) is 3.90. The van der Waals surface area contributed by atoms with Crippen molar-refractivity contribution in [1.29, 1.82) is 0 Å². The van der Waals surface area contributed by atoms with E-state index < -0.39 is 5.72 Å². The molecule has 0 aliphatic carbocycles. The maximum absolute atomic E-state index is 12.8. The molecule has 1 aromatic carbocycles. The Morgan fingerprint density at radius 3 is 2.82 bits per heavy atom. The first-order valence-corrected chi connectivity index (χ1v) is 9.57. The number of benzene rings is 1. The lowest BCUT2D eigenvalue weighted by Crippen LogP contribution is -2.48. The second-order valence-electron chi connectivity index (χ2n) is 7.60. The Hall–Kier alpha value is -2.87. The first-order valence-electron chi connectivity index (χ1n) is 9.57. The molecule has 0 bridgehead atoms. The van der Waals surface area contributed by atoms with Crippen molar-refractivity contribution < 1.29 is 18.8 Å². The largest absolute Gasteiger partial charge is 0.384 e. The van der Waals surface area contributed by atoms with Gasteiger partial charge < -0.3 is 19.1 Å². The summed E-state index contributed by atoms with van der Waals surface area (Å²) in [5, 5.41) is 2.23. The third-order valence-electron chi connectivity index (χ3n) is 6.08. The molecule has 2 amide bonds. The van der Waals surface area contributed by atoms with Crippen LogP contribution in [0.1, 0.15) is 36.7 Å². The van der Waals surface area contributed by atoms with Gasteiger partial charge in [0.05, 0.1) is 19.0 Å². The molecule has 1 spiro atoms.